The second-order valence-corrected chi connectivity index (χ2v) is 5.08. The highest BCUT2D eigenvalue weighted by molar-refractivity contribution is 6.33. The lowest BCUT2D eigenvalue weighted by atomic mass is 10.2. The van der Waals surface area contributed by atoms with Crippen LogP contribution in [-0.4, -0.2) is 30.5 Å². The van der Waals surface area contributed by atoms with Crippen molar-refractivity contribution >= 4 is 29.5 Å². The van der Waals surface area contributed by atoms with E-state index in [0.29, 0.717) is 22.9 Å². The Bertz CT molecular complexity index is 720. The number of ether oxygens (including phenoxy) is 2. The lowest BCUT2D eigenvalue weighted by Crippen LogP contribution is -2.10. The number of hydrogen-bond acceptors (Lipinski definition) is 5. The van der Waals surface area contributed by atoms with E-state index in [1.165, 1.54) is 6.07 Å². The van der Waals surface area contributed by atoms with Gasteiger partial charge < -0.3 is 14.6 Å². The van der Waals surface area contributed by atoms with Crippen LogP contribution in [0.2, 0.25) is 5.02 Å². The Morgan fingerprint density at radius 2 is 1.96 bits per heavy atom. The number of aliphatic carboxylic acids is 1. The van der Waals surface area contributed by atoms with E-state index in [1.807, 2.05) is 37.3 Å². The van der Waals surface area contributed by atoms with Crippen molar-refractivity contribution in [2.45, 2.75) is 6.92 Å². The fraction of sp³-hybridized carbons (Fsp3) is 0.176. The van der Waals surface area contributed by atoms with Crippen LogP contribution in [0.5, 0.6) is 11.5 Å². The standard InChI is InChI=1S/C17H17ClN2O4/c1-2-23-15-8-12(10-19-20-13-6-4-3-5-7-13)14(18)9-16(15)24-11-17(21)22/h3-10,20H,2,11H2,1H3,(H,21,22). The van der Waals surface area contributed by atoms with Crippen molar-refractivity contribution in [3.8, 4) is 11.5 Å². The molecule has 7 heteroatoms. The van der Waals surface area contributed by atoms with Crippen LogP contribution in [0, 0.1) is 0 Å². The van der Waals surface area contributed by atoms with Crippen molar-refractivity contribution in [1.29, 1.82) is 0 Å². The number of para-hydroxylation sites is 1. The molecule has 0 saturated carbocycles. The molecule has 0 aromatic heterocycles. The molecule has 0 heterocycles. The maximum Gasteiger partial charge on any atom is 0.341 e. The number of nitrogens with zero attached hydrogens (tertiary/aromatic N) is 1. The zero-order chi connectivity index (χ0) is 17.4. The van der Waals surface area contributed by atoms with Gasteiger partial charge in [0.2, 0.25) is 0 Å². The van der Waals surface area contributed by atoms with Gasteiger partial charge in [0, 0.05) is 11.6 Å². The molecule has 2 N–H and O–H groups in total. The molecule has 2 rings (SSSR count). The minimum Gasteiger partial charge on any atom is -0.490 e. The second kappa shape index (κ2) is 8.79. The fourth-order valence-corrected chi connectivity index (χ4v) is 2.06. The van der Waals surface area contributed by atoms with Crippen LogP contribution < -0.4 is 14.9 Å². The second-order valence-electron chi connectivity index (χ2n) is 4.67. The van der Waals surface area contributed by atoms with Gasteiger partial charge in [-0.1, -0.05) is 29.8 Å². The Morgan fingerprint density at radius 1 is 1.25 bits per heavy atom. The van der Waals surface area contributed by atoms with E-state index in [4.69, 9.17) is 26.2 Å². The van der Waals surface area contributed by atoms with Crippen LogP contribution in [0.3, 0.4) is 0 Å². The van der Waals surface area contributed by atoms with Crippen molar-refractivity contribution in [2.24, 2.45) is 5.10 Å². The topological polar surface area (TPSA) is 80.1 Å². The predicted molar refractivity (Wildman–Crippen MR) is 93.4 cm³/mol. The number of benzene rings is 2. The Hall–Kier alpha value is -2.73. The first-order valence-corrected chi connectivity index (χ1v) is 7.63. The Labute approximate surface area is 144 Å². The van der Waals surface area contributed by atoms with E-state index in [1.54, 1.807) is 12.3 Å². The Kier molecular flexibility index (Phi) is 6.45. The molecule has 0 radical (unpaired) electrons. The average Bonchev–Trinajstić information content (AvgIpc) is 2.57. The van der Waals surface area contributed by atoms with Crippen molar-refractivity contribution < 1.29 is 19.4 Å². The van der Waals surface area contributed by atoms with E-state index < -0.39 is 12.6 Å². The summed E-state index contributed by atoms with van der Waals surface area (Å²) in [5.74, 6) is -0.395. The maximum absolute atomic E-state index is 10.6. The molecule has 2 aromatic rings. The van der Waals surface area contributed by atoms with Gasteiger partial charge in [-0.25, -0.2) is 4.79 Å². The number of halogens is 1. The Morgan fingerprint density at radius 3 is 2.62 bits per heavy atom. The molecule has 0 aliphatic heterocycles. The van der Waals surface area contributed by atoms with Crippen molar-refractivity contribution in [3.63, 3.8) is 0 Å². The van der Waals surface area contributed by atoms with Gasteiger partial charge in [0.05, 0.1) is 23.5 Å². The lowest BCUT2D eigenvalue weighted by molar-refractivity contribution is -0.139. The first-order valence-electron chi connectivity index (χ1n) is 7.25. The van der Waals surface area contributed by atoms with Gasteiger partial charge in [0.1, 0.15) is 0 Å². The lowest BCUT2D eigenvalue weighted by Gasteiger charge is -2.12. The summed E-state index contributed by atoms with van der Waals surface area (Å²) in [5.41, 5.74) is 4.35. The summed E-state index contributed by atoms with van der Waals surface area (Å²) < 4.78 is 10.7. The number of rotatable bonds is 8. The fourth-order valence-electron chi connectivity index (χ4n) is 1.86. The van der Waals surface area contributed by atoms with E-state index in [0.717, 1.165) is 5.69 Å². The molecule has 126 valence electrons. The number of hydrazone groups is 1. The zero-order valence-corrected chi connectivity index (χ0v) is 13.8. The molecule has 0 aliphatic carbocycles. The monoisotopic (exact) mass is 348 g/mol. The summed E-state index contributed by atoms with van der Waals surface area (Å²) >= 11 is 6.20. The minimum atomic E-state index is -1.08. The molecule has 6 nitrogen and oxygen atoms in total. The summed E-state index contributed by atoms with van der Waals surface area (Å²) in [6.45, 7) is 1.75. The van der Waals surface area contributed by atoms with Crippen LogP contribution >= 0.6 is 11.6 Å². The molecule has 0 aliphatic rings. The average molecular weight is 349 g/mol. The number of anilines is 1. The molecule has 0 saturated heterocycles. The van der Waals surface area contributed by atoms with E-state index in [-0.39, 0.29) is 5.75 Å². The first kappa shape index (κ1) is 17.6. The van der Waals surface area contributed by atoms with E-state index >= 15 is 0 Å². The van der Waals surface area contributed by atoms with Crippen LogP contribution in [0.1, 0.15) is 12.5 Å². The smallest absolute Gasteiger partial charge is 0.341 e. The molecule has 0 amide bonds. The summed E-state index contributed by atoms with van der Waals surface area (Å²) in [6.07, 6.45) is 1.55. The molecular formula is C17H17ClN2O4. The van der Waals surface area contributed by atoms with Gasteiger partial charge in [0.25, 0.3) is 0 Å². The number of hydrogen-bond donors (Lipinski definition) is 2. The van der Waals surface area contributed by atoms with Gasteiger partial charge in [-0.2, -0.15) is 5.10 Å². The zero-order valence-electron chi connectivity index (χ0n) is 13.0. The highest BCUT2D eigenvalue weighted by atomic mass is 35.5. The summed E-state index contributed by atoms with van der Waals surface area (Å²) in [6, 6.07) is 12.6. The SMILES string of the molecule is CCOc1cc(C=NNc2ccccc2)c(Cl)cc1OCC(=O)O. The van der Waals surface area contributed by atoms with E-state index in [9.17, 15) is 4.79 Å². The molecule has 0 atom stereocenters. The van der Waals surface area contributed by atoms with Gasteiger partial charge >= 0.3 is 5.97 Å². The number of nitrogens with one attached hydrogen (secondary N) is 1. The maximum atomic E-state index is 10.6. The highest BCUT2D eigenvalue weighted by Crippen LogP contribution is 2.33. The normalized spacial score (nSPS) is 10.6. The highest BCUT2D eigenvalue weighted by Gasteiger charge is 2.11. The largest absolute Gasteiger partial charge is 0.490 e. The van der Waals surface area contributed by atoms with Gasteiger partial charge in [-0.3, -0.25) is 5.43 Å². The van der Waals surface area contributed by atoms with Gasteiger partial charge in [-0.15, -0.1) is 0 Å². The van der Waals surface area contributed by atoms with Crippen molar-refractivity contribution in [3.05, 3.63) is 53.1 Å². The van der Waals surface area contributed by atoms with Gasteiger partial charge in [0.15, 0.2) is 18.1 Å². The molecule has 24 heavy (non-hydrogen) atoms. The summed E-state index contributed by atoms with van der Waals surface area (Å²) in [5, 5.41) is 13.2. The predicted octanol–water partition coefficient (Wildman–Crippen LogP) is 3.65. The van der Waals surface area contributed by atoms with Crippen LogP contribution in [0.15, 0.2) is 47.6 Å². The molecule has 0 spiro atoms. The third kappa shape index (κ3) is 5.17. The van der Waals surface area contributed by atoms with Crippen LogP contribution in [0.4, 0.5) is 5.69 Å². The summed E-state index contributed by atoms with van der Waals surface area (Å²) in [7, 11) is 0. The van der Waals surface area contributed by atoms with Gasteiger partial charge in [-0.05, 0) is 25.1 Å². The molecule has 0 unspecified atom stereocenters. The minimum absolute atomic E-state index is 0.275. The van der Waals surface area contributed by atoms with Crippen molar-refractivity contribution in [2.75, 3.05) is 18.6 Å². The number of carboxylic acid groups (broad SMARTS) is 1. The molecule has 0 fully saturated rings. The number of carbonyl (C=O) groups is 1. The third-order valence-electron chi connectivity index (χ3n) is 2.89. The molecule has 0 bridgehead atoms. The number of carboxylic acids is 1. The molecular weight excluding hydrogens is 332 g/mol. The molecule has 2 aromatic carbocycles. The van der Waals surface area contributed by atoms with Crippen molar-refractivity contribution in [1.82, 2.24) is 0 Å². The summed E-state index contributed by atoms with van der Waals surface area (Å²) in [4.78, 5) is 10.6. The first-order chi connectivity index (χ1) is 11.6. The van der Waals surface area contributed by atoms with Crippen LogP contribution in [0.25, 0.3) is 0 Å². The third-order valence-corrected chi connectivity index (χ3v) is 3.21. The van der Waals surface area contributed by atoms with Crippen LogP contribution in [-0.2, 0) is 4.79 Å². The quantitative estimate of drug-likeness (QED) is 0.562. The van der Waals surface area contributed by atoms with E-state index in [2.05, 4.69) is 10.5 Å². The Balaban J connectivity index is 2.17.